The fourth-order valence-electron chi connectivity index (χ4n) is 5.42. The van der Waals surface area contributed by atoms with Gasteiger partial charge >= 0.3 is 0 Å². The van der Waals surface area contributed by atoms with Gasteiger partial charge in [0.1, 0.15) is 34.7 Å². The summed E-state index contributed by atoms with van der Waals surface area (Å²) in [5.74, 6) is 4.82. The molecule has 0 radical (unpaired) electrons. The standard InChI is InChI=1S/C42H48N2O6/c1-10-41(6,7)30-16-12-28(13-17-30)39-43-44-40(49-39)29-14-18-31(19-15-29)48-36-23-21-33(25-37(36)45-26(3)4)47-32-20-22-35(50-42(8,9)11-2)34(24-32)38-27(5)46-38/h12-27,38H,10-11H2,1-9H3. The van der Waals surface area contributed by atoms with Gasteiger partial charge in [-0.3, -0.25) is 0 Å². The molecule has 2 heterocycles. The number of epoxide rings is 1. The largest absolute Gasteiger partial charge is 0.487 e. The first-order chi connectivity index (χ1) is 23.8. The zero-order valence-electron chi connectivity index (χ0n) is 30.6. The van der Waals surface area contributed by atoms with Gasteiger partial charge in [-0.15, -0.1) is 10.2 Å². The van der Waals surface area contributed by atoms with Crippen LogP contribution >= 0.6 is 0 Å². The highest BCUT2D eigenvalue weighted by atomic mass is 16.6. The van der Waals surface area contributed by atoms with E-state index in [1.54, 1.807) is 0 Å². The van der Waals surface area contributed by atoms with E-state index in [0.29, 0.717) is 40.5 Å². The summed E-state index contributed by atoms with van der Waals surface area (Å²) in [5.41, 5.74) is 3.78. The lowest BCUT2D eigenvalue weighted by Gasteiger charge is -2.26. The summed E-state index contributed by atoms with van der Waals surface area (Å²) >= 11 is 0. The fourth-order valence-corrected chi connectivity index (χ4v) is 5.42. The molecule has 6 rings (SSSR count). The van der Waals surface area contributed by atoms with Gasteiger partial charge in [0.25, 0.3) is 0 Å². The molecule has 1 aliphatic rings. The molecule has 0 amide bonds. The number of hydrogen-bond donors (Lipinski definition) is 0. The normalized spacial score (nSPS) is 16.0. The molecule has 262 valence electrons. The van der Waals surface area contributed by atoms with Crippen LogP contribution in [-0.4, -0.2) is 28.0 Å². The zero-order valence-corrected chi connectivity index (χ0v) is 30.6. The van der Waals surface area contributed by atoms with Gasteiger partial charge in [-0.1, -0.05) is 39.8 Å². The Morgan fingerprint density at radius 2 is 1.24 bits per heavy atom. The van der Waals surface area contributed by atoms with Crippen LogP contribution in [0.15, 0.2) is 89.3 Å². The van der Waals surface area contributed by atoms with Gasteiger partial charge in [0, 0.05) is 22.8 Å². The van der Waals surface area contributed by atoms with Crippen molar-refractivity contribution in [3.8, 4) is 57.4 Å². The number of hydrogen-bond acceptors (Lipinski definition) is 8. The highest BCUT2D eigenvalue weighted by molar-refractivity contribution is 5.59. The Hall–Kier alpha value is -4.82. The van der Waals surface area contributed by atoms with Crippen LogP contribution < -0.4 is 18.9 Å². The summed E-state index contributed by atoms with van der Waals surface area (Å²) < 4.78 is 37.0. The Morgan fingerprint density at radius 1 is 0.680 bits per heavy atom. The third-order valence-electron chi connectivity index (χ3n) is 9.30. The number of rotatable bonds is 14. The average Bonchev–Trinajstić information content (AvgIpc) is 3.61. The second-order valence-corrected chi connectivity index (χ2v) is 14.4. The van der Waals surface area contributed by atoms with E-state index in [4.69, 9.17) is 28.1 Å². The van der Waals surface area contributed by atoms with Crippen LogP contribution in [0, 0.1) is 0 Å². The van der Waals surface area contributed by atoms with E-state index in [1.807, 2.05) is 86.6 Å². The van der Waals surface area contributed by atoms with E-state index in [0.717, 1.165) is 35.3 Å². The lowest BCUT2D eigenvalue weighted by molar-refractivity contribution is 0.103. The third kappa shape index (κ3) is 8.13. The maximum Gasteiger partial charge on any atom is 0.248 e. The summed E-state index contributed by atoms with van der Waals surface area (Å²) in [6.45, 7) is 19.0. The van der Waals surface area contributed by atoms with Gasteiger partial charge in [0.05, 0.1) is 12.2 Å². The van der Waals surface area contributed by atoms with Gasteiger partial charge in [-0.05, 0) is 125 Å². The van der Waals surface area contributed by atoms with Gasteiger partial charge in [0.2, 0.25) is 11.8 Å². The molecule has 2 unspecified atom stereocenters. The molecular formula is C42H48N2O6. The molecule has 0 aliphatic carbocycles. The molecule has 8 nitrogen and oxygen atoms in total. The van der Waals surface area contributed by atoms with Crippen molar-refractivity contribution in [3.63, 3.8) is 0 Å². The molecule has 8 heteroatoms. The monoisotopic (exact) mass is 676 g/mol. The topological polar surface area (TPSA) is 88.4 Å². The summed E-state index contributed by atoms with van der Waals surface area (Å²) in [6, 6.07) is 27.3. The minimum Gasteiger partial charge on any atom is -0.487 e. The van der Waals surface area contributed by atoms with Crippen molar-refractivity contribution in [2.24, 2.45) is 0 Å². The van der Waals surface area contributed by atoms with Crippen LogP contribution in [0.2, 0.25) is 0 Å². The summed E-state index contributed by atoms with van der Waals surface area (Å²) in [6.07, 6.45) is 1.99. The lowest BCUT2D eigenvalue weighted by Crippen LogP contribution is -2.27. The summed E-state index contributed by atoms with van der Waals surface area (Å²) in [5, 5.41) is 8.59. The zero-order chi connectivity index (χ0) is 35.6. The molecule has 1 saturated heterocycles. The van der Waals surface area contributed by atoms with E-state index in [2.05, 4.69) is 70.8 Å². The number of benzene rings is 4. The van der Waals surface area contributed by atoms with Crippen molar-refractivity contribution < 1.29 is 28.1 Å². The van der Waals surface area contributed by atoms with Gasteiger partial charge in [-0.2, -0.15) is 0 Å². The first-order valence-corrected chi connectivity index (χ1v) is 17.5. The molecule has 1 aromatic heterocycles. The molecule has 4 aromatic carbocycles. The number of ether oxygens (including phenoxy) is 5. The first kappa shape index (κ1) is 35.0. The van der Waals surface area contributed by atoms with Crippen molar-refractivity contribution in [2.45, 2.75) is 104 Å². The van der Waals surface area contributed by atoms with Crippen LogP contribution in [0.25, 0.3) is 22.9 Å². The Kier molecular flexibility index (Phi) is 9.94. The first-order valence-electron chi connectivity index (χ1n) is 17.5. The number of aromatic nitrogens is 2. The molecular weight excluding hydrogens is 628 g/mol. The predicted molar refractivity (Wildman–Crippen MR) is 196 cm³/mol. The molecule has 50 heavy (non-hydrogen) atoms. The highest BCUT2D eigenvalue weighted by Crippen LogP contribution is 2.46. The number of nitrogens with zero attached hydrogens (tertiary/aromatic N) is 2. The van der Waals surface area contributed by atoms with Crippen LogP contribution in [0.5, 0.6) is 34.5 Å². The fraction of sp³-hybridized carbons (Fsp3) is 0.381. The Morgan fingerprint density at radius 3 is 1.80 bits per heavy atom. The second kappa shape index (κ2) is 14.2. The maximum atomic E-state index is 6.36. The third-order valence-corrected chi connectivity index (χ3v) is 9.30. The minimum atomic E-state index is -0.288. The quantitative estimate of drug-likeness (QED) is 0.107. The van der Waals surface area contributed by atoms with Crippen LogP contribution in [-0.2, 0) is 10.2 Å². The van der Waals surface area contributed by atoms with E-state index >= 15 is 0 Å². The SMILES string of the molecule is CCC(C)(C)Oc1ccc(Oc2ccc(Oc3ccc(-c4nnc(-c5ccc(C(C)(C)CC)cc5)o4)cc3)c(OC(C)C)c2)cc1C1OC1C. The molecule has 0 saturated carbocycles. The summed E-state index contributed by atoms with van der Waals surface area (Å²) in [7, 11) is 0. The van der Waals surface area contributed by atoms with E-state index < -0.39 is 0 Å². The van der Waals surface area contributed by atoms with Gasteiger partial charge in [0.15, 0.2) is 11.5 Å². The predicted octanol–water partition coefficient (Wildman–Crippen LogP) is 11.5. The summed E-state index contributed by atoms with van der Waals surface area (Å²) in [4.78, 5) is 0. The van der Waals surface area contributed by atoms with Crippen molar-refractivity contribution in [1.29, 1.82) is 0 Å². The van der Waals surface area contributed by atoms with Gasteiger partial charge in [-0.25, -0.2) is 0 Å². The van der Waals surface area contributed by atoms with E-state index in [-0.39, 0.29) is 29.3 Å². The molecule has 0 bridgehead atoms. The highest BCUT2D eigenvalue weighted by Gasteiger charge is 2.39. The molecule has 1 aliphatic heterocycles. The van der Waals surface area contributed by atoms with Crippen molar-refractivity contribution in [3.05, 3.63) is 96.1 Å². The molecule has 0 spiro atoms. The maximum absolute atomic E-state index is 6.36. The average molecular weight is 677 g/mol. The van der Waals surface area contributed by atoms with E-state index in [1.165, 1.54) is 5.56 Å². The molecule has 0 N–H and O–H groups in total. The van der Waals surface area contributed by atoms with Crippen molar-refractivity contribution in [1.82, 2.24) is 10.2 Å². The van der Waals surface area contributed by atoms with Crippen LogP contribution in [0.4, 0.5) is 0 Å². The Bertz CT molecular complexity index is 1910. The van der Waals surface area contributed by atoms with Crippen LogP contribution in [0.1, 0.15) is 92.4 Å². The second-order valence-electron chi connectivity index (χ2n) is 14.4. The Labute approximate surface area is 295 Å². The van der Waals surface area contributed by atoms with Gasteiger partial charge < -0.3 is 28.1 Å². The molecule has 1 fully saturated rings. The van der Waals surface area contributed by atoms with E-state index in [9.17, 15) is 0 Å². The minimum absolute atomic E-state index is 0.0133. The smallest absolute Gasteiger partial charge is 0.248 e. The van der Waals surface area contributed by atoms with Crippen molar-refractivity contribution in [2.75, 3.05) is 0 Å². The van der Waals surface area contributed by atoms with Crippen LogP contribution in [0.3, 0.4) is 0 Å². The lowest BCUT2D eigenvalue weighted by atomic mass is 9.82. The molecule has 2 atom stereocenters. The molecule has 5 aromatic rings. The Balaban J connectivity index is 1.16. The van der Waals surface area contributed by atoms with Crippen molar-refractivity contribution >= 4 is 0 Å².